The van der Waals surface area contributed by atoms with Gasteiger partial charge in [0.2, 0.25) is 0 Å². The highest BCUT2D eigenvalue weighted by molar-refractivity contribution is 6.07. The molecular weight excluding hydrogens is 303 g/mol. The summed E-state index contributed by atoms with van der Waals surface area (Å²) in [5.41, 5.74) is -1.13. The predicted octanol–water partition coefficient (Wildman–Crippen LogP) is 4.88. The number of carbonyl (C=O) groups excluding carboxylic acids is 1. The van der Waals surface area contributed by atoms with Crippen LogP contribution in [0.15, 0.2) is 48.5 Å². The number of carbonyl (C=O) groups is 1. The molecule has 114 valence electrons. The first-order chi connectivity index (χ1) is 10.3. The molecule has 0 amide bonds. The molecule has 0 aliphatic heterocycles. The minimum absolute atomic E-state index is 0.277. The third kappa shape index (κ3) is 3.78. The van der Waals surface area contributed by atoms with E-state index in [-0.39, 0.29) is 6.07 Å². The molecule has 0 spiro atoms. The van der Waals surface area contributed by atoms with Crippen molar-refractivity contribution in [3.05, 3.63) is 76.9 Å². The normalized spacial score (nSPS) is 11.9. The zero-order valence-electron chi connectivity index (χ0n) is 11.0. The number of rotatable bonds is 3. The molecule has 2 aromatic carbocycles. The summed E-state index contributed by atoms with van der Waals surface area (Å²) in [4.78, 5) is 11.8. The van der Waals surface area contributed by atoms with Crippen LogP contribution < -0.4 is 0 Å². The Morgan fingerprint density at radius 1 is 0.955 bits per heavy atom. The molecule has 0 unspecified atom stereocenters. The van der Waals surface area contributed by atoms with Gasteiger partial charge in [-0.3, -0.25) is 4.79 Å². The van der Waals surface area contributed by atoms with Gasteiger partial charge in [0.05, 0.1) is 11.1 Å². The molecule has 0 aromatic heterocycles. The predicted molar refractivity (Wildman–Crippen MR) is 71.2 cm³/mol. The van der Waals surface area contributed by atoms with Crippen molar-refractivity contribution in [2.75, 3.05) is 0 Å². The Morgan fingerprint density at radius 2 is 1.59 bits per heavy atom. The fourth-order valence-corrected chi connectivity index (χ4v) is 1.73. The Kier molecular flexibility index (Phi) is 4.40. The van der Waals surface area contributed by atoms with Crippen LogP contribution in [0.5, 0.6) is 0 Å². The first-order valence-corrected chi connectivity index (χ1v) is 6.12. The number of benzene rings is 2. The van der Waals surface area contributed by atoms with E-state index >= 15 is 0 Å². The van der Waals surface area contributed by atoms with E-state index in [2.05, 4.69) is 0 Å². The molecule has 0 aliphatic carbocycles. The van der Waals surface area contributed by atoms with Crippen molar-refractivity contribution in [3.63, 3.8) is 0 Å². The molecule has 0 fully saturated rings. The van der Waals surface area contributed by atoms with Crippen LogP contribution in [0.3, 0.4) is 0 Å². The van der Waals surface area contributed by atoms with Crippen molar-refractivity contribution in [2.24, 2.45) is 0 Å². The van der Waals surface area contributed by atoms with Gasteiger partial charge in [-0.25, -0.2) is 8.78 Å². The summed E-state index contributed by atoms with van der Waals surface area (Å²) >= 11 is 0. The Balaban J connectivity index is 2.21. The van der Waals surface area contributed by atoms with E-state index in [0.29, 0.717) is 11.6 Å². The molecule has 0 N–H and O–H groups in total. The maximum Gasteiger partial charge on any atom is 0.416 e. The van der Waals surface area contributed by atoms with Gasteiger partial charge in [-0.2, -0.15) is 13.2 Å². The Bertz CT molecular complexity index is 714. The molecule has 0 bridgehead atoms. The number of hydrogen-bond acceptors (Lipinski definition) is 1. The zero-order valence-corrected chi connectivity index (χ0v) is 11.0. The van der Waals surface area contributed by atoms with Crippen LogP contribution in [0.4, 0.5) is 22.0 Å². The van der Waals surface area contributed by atoms with Crippen LogP contribution in [0.1, 0.15) is 21.5 Å². The van der Waals surface area contributed by atoms with Gasteiger partial charge in [0, 0.05) is 0 Å². The first kappa shape index (κ1) is 15.9. The summed E-state index contributed by atoms with van der Waals surface area (Å²) in [5, 5.41) is 0. The summed E-state index contributed by atoms with van der Waals surface area (Å²) in [6.07, 6.45) is -2.34. The summed E-state index contributed by atoms with van der Waals surface area (Å²) in [5.74, 6) is -2.48. The van der Waals surface area contributed by atoms with Crippen LogP contribution in [0.2, 0.25) is 0 Å². The molecule has 0 radical (unpaired) electrons. The van der Waals surface area contributed by atoms with Gasteiger partial charge in [0.25, 0.3) is 0 Å². The monoisotopic (exact) mass is 312 g/mol. The maximum atomic E-state index is 13.6. The summed E-state index contributed by atoms with van der Waals surface area (Å²) in [6.45, 7) is 0. The van der Waals surface area contributed by atoms with Gasteiger partial charge in [-0.1, -0.05) is 18.2 Å². The average molecular weight is 312 g/mol. The molecule has 0 heterocycles. The molecule has 6 heteroatoms. The zero-order chi connectivity index (χ0) is 16.3. The van der Waals surface area contributed by atoms with E-state index in [1.54, 1.807) is 0 Å². The van der Waals surface area contributed by atoms with Crippen LogP contribution in [-0.4, -0.2) is 5.78 Å². The van der Waals surface area contributed by atoms with Gasteiger partial charge < -0.3 is 0 Å². The van der Waals surface area contributed by atoms with Gasteiger partial charge in [0.15, 0.2) is 5.78 Å². The van der Waals surface area contributed by atoms with Crippen molar-refractivity contribution in [3.8, 4) is 0 Å². The SMILES string of the molecule is O=C(C=Cc1ccc(F)cc1)c1ccc(C(F)(F)F)cc1F. The van der Waals surface area contributed by atoms with Crippen LogP contribution in [0.25, 0.3) is 6.08 Å². The van der Waals surface area contributed by atoms with Crippen molar-refractivity contribution in [2.45, 2.75) is 6.18 Å². The highest BCUT2D eigenvalue weighted by Gasteiger charge is 2.31. The third-order valence-corrected chi connectivity index (χ3v) is 2.86. The number of ketones is 1. The molecule has 1 nitrogen and oxygen atoms in total. The summed E-state index contributed by atoms with van der Waals surface area (Å²) < 4.78 is 63.5. The smallest absolute Gasteiger partial charge is 0.289 e. The highest BCUT2D eigenvalue weighted by atomic mass is 19.4. The van der Waals surface area contributed by atoms with E-state index < -0.39 is 34.7 Å². The summed E-state index contributed by atoms with van der Waals surface area (Å²) in [7, 11) is 0. The van der Waals surface area contributed by atoms with Crippen LogP contribution in [-0.2, 0) is 6.18 Å². The molecular formula is C16H9F5O. The minimum atomic E-state index is -4.67. The maximum absolute atomic E-state index is 13.6. The standard InChI is InChI=1S/C16H9F5O/c17-12-5-1-10(2-6-12)3-8-15(22)13-7-4-11(9-14(13)18)16(19,20)21/h1-9H. The molecule has 0 saturated heterocycles. The lowest BCUT2D eigenvalue weighted by Crippen LogP contribution is -2.07. The lowest BCUT2D eigenvalue weighted by Gasteiger charge is -2.07. The average Bonchev–Trinajstić information content (AvgIpc) is 2.45. The lowest BCUT2D eigenvalue weighted by molar-refractivity contribution is -0.137. The van der Waals surface area contributed by atoms with E-state index in [9.17, 15) is 26.7 Å². The highest BCUT2D eigenvalue weighted by Crippen LogP contribution is 2.30. The number of halogens is 5. The van der Waals surface area contributed by atoms with Crippen molar-refractivity contribution in [1.82, 2.24) is 0 Å². The topological polar surface area (TPSA) is 17.1 Å². The second-order valence-corrected chi connectivity index (χ2v) is 4.44. The van der Waals surface area contributed by atoms with Crippen LogP contribution >= 0.6 is 0 Å². The van der Waals surface area contributed by atoms with Gasteiger partial charge in [0.1, 0.15) is 11.6 Å². The van der Waals surface area contributed by atoms with Gasteiger partial charge in [-0.05, 0) is 42.0 Å². The Labute approximate surface area is 122 Å². The second kappa shape index (κ2) is 6.09. The molecule has 2 rings (SSSR count). The van der Waals surface area contributed by atoms with E-state index in [1.165, 1.54) is 30.3 Å². The number of allylic oxidation sites excluding steroid dienone is 1. The lowest BCUT2D eigenvalue weighted by atomic mass is 10.1. The Morgan fingerprint density at radius 3 is 2.14 bits per heavy atom. The molecule has 2 aromatic rings. The third-order valence-electron chi connectivity index (χ3n) is 2.86. The van der Waals surface area contributed by atoms with E-state index in [1.807, 2.05) is 0 Å². The van der Waals surface area contributed by atoms with Crippen molar-refractivity contribution in [1.29, 1.82) is 0 Å². The van der Waals surface area contributed by atoms with Crippen molar-refractivity contribution < 1.29 is 26.7 Å². The molecule has 0 atom stereocenters. The fourth-order valence-electron chi connectivity index (χ4n) is 1.73. The number of hydrogen-bond donors (Lipinski definition) is 0. The van der Waals surface area contributed by atoms with E-state index in [0.717, 1.165) is 12.1 Å². The minimum Gasteiger partial charge on any atom is -0.289 e. The first-order valence-electron chi connectivity index (χ1n) is 6.12. The van der Waals surface area contributed by atoms with Gasteiger partial charge in [-0.15, -0.1) is 0 Å². The fraction of sp³-hybridized carbons (Fsp3) is 0.0625. The molecule has 0 aliphatic rings. The van der Waals surface area contributed by atoms with Crippen LogP contribution in [0, 0.1) is 11.6 Å². The molecule has 0 saturated carbocycles. The largest absolute Gasteiger partial charge is 0.416 e. The Hall–Kier alpha value is -2.50. The number of alkyl halides is 3. The molecule has 22 heavy (non-hydrogen) atoms. The van der Waals surface area contributed by atoms with Crippen molar-refractivity contribution >= 4 is 11.9 Å². The second-order valence-electron chi connectivity index (χ2n) is 4.44. The quantitative estimate of drug-likeness (QED) is 0.448. The van der Waals surface area contributed by atoms with E-state index in [4.69, 9.17) is 0 Å². The van der Waals surface area contributed by atoms with Gasteiger partial charge >= 0.3 is 6.18 Å². The summed E-state index contributed by atoms with van der Waals surface area (Å²) in [6, 6.07) is 6.88.